The lowest BCUT2D eigenvalue weighted by Gasteiger charge is -2.39. The molecule has 7 heteroatoms. The molecule has 152 valence electrons. The topological polar surface area (TPSA) is 76.9 Å². The molecule has 0 amide bonds. The van der Waals surface area contributed by atoms with Crippen LogP contribution in [0.3, 0.4) is 0 Å². The number of benzene rings is 2. The fourth-order valence-corrected chi connectivity index (χ4v) is 5.09. The Kier molecular flexibility index (Phi) is 4.97. The molecule has 0 spiro atoms. The third-order valence-corrected chi connectivity index (χ3v) is 6.46. The Morgan fingerprint density at radius 2 is 1.97 bits per heavy atom. The summed E-state index contributed by atoms with van der Waals surface area (Å²) in [5, 5.41) is 8.26. The van der Waals surface area contributed by atoms with E-state index in [0.29, 0.717) is 5.02 Å². The molecule has 2 aromatic carbocycles. The second-order valence-corrected chi connectivity index (χ2v) is 8.35. The van der Waals surface area contributed by atoms with E-state index >= 15 is 0 Å². The van der Waals surface area contributed by atoms with Crippen molar-refractivity contribution in [2.45, 2.75) is 30.8 Å². The smallest absolute Gasteiger partial charge is 0.170 e. The van der Waals surface area contributed by atoms with E-state index in [-0.39, 0.29) is 29.9 Å². The first-order valence-corrected chi connectivity index (χ1v) is 10.5. The summed E-state index contributed by atoms with van der Waals surface area (Å²) in [7, 11) is 0. The quantitative estimate of drug-likeness (QED) is 0.658. The zero-order chi connectivity index (χ0) is 20.7. The van der Waals surface area contributed by atoms with E-state index < -0.39 is 12.0 Å². The van der Waals surface area contributed by atoms with Gasteiger partial charge in [0, 0.05) is 23.4 Å². The monoisotopic (exact) mass is 420 g/mol. The minimum absolute atomic E-state index is 0.0458. The van der Waals surface area contributed by atoms with E-state index in [1.807, 2.05) is 36.4 Å². The molecule has 1 fully saturated rings. The lowest BCUT2D eigenvalue weighted by molar-refractivity contribution is -0.141. The molecule has 1 saturated carbocycles. The van der Waals surface area contributed by atoms with Gasteiger partial charge in [-0.1, -0.05) is 48.0 Å². The van der Waals surface area contributed by atoms with Crippen molar-refractivity contribution in [1.29, 1.82) is 0 Å². The molecule has 30 heavy (non-hydrogen) atoms. The number of aromatic nitrogens is 3. The first kappa shape index (κ1) is 19.2. The third-order valence-electron chi connectivity index (χ3n) is 6.23. The van der Waals surface area contributed by atoms with E-state index in [0.717, 1.165) is 24.1 Å². The van der Waals surface area contributed by atoms with Gasteiger partial charge in [-0.2, -0.15) is 5.10 Å². The second kappa shape index (κ2) is 7.78. The maximum absolute atomic E-state index is 13.8. The number of hydrogen-bond acceptors (Lipinski definition) is 5. The molecular formula is C23H21ClN4O2. The van der Waals surface area contributed by atoms with Crippen LogP contribution in [-0.4, -0.2) is 32.9 Å². The van der Waals surface area contributed by atoms with Gasteiger partial charge in [0.2, 0.25) is 0 Å². The first-order valence-electron chi connectivity index (χ1n) is 10.1. The second-order valence-electron chi connectivity index (χ2n) is 7.91. The minimum Gasteiger partial charge on any atom is -0.309 e. The lowest BCUT2D eigenvalue weighted by atomic mass is 9.69. The van der Waals surface area contributed by atoms with Gasteiger partial charge < -0.3 is 5.32 Å². The van der Waals surface area contributed by atoms with Crippen LogP contribution in [0.2, 0.25) is 5.02 Å². The Morgan fingerprint density at radius 3 is 2.77 bits per heavy atom. The van der Waals surface area contributed by atoms with E-state index in [1.165, 1.54) is 11.9 Å². The molecule has 1 aliphatic heterocycles. The summed E-state index contributed by atoms with van der Waals surface area (Å²) in [6, 6.07) is 14.5. The Hall–Kier alpha value is -2.83. The number of ketones is 2. The number of carbonyl (C=O) groups is 2. The number of carbonyl (C=O) groups excluding carboxylic acids is 2. The Bertz CT molecular complexity index is 1100. The molecule has 0 unspecified atom stereocenters. The van der Waals surface area contributed by atoms with Crippen LogP contribution in [0.5, 0.6) is 0 Å². The molecule has 1 aromatic heterocycles. The number of halogens is 1. The van der Waals surface area contributed by atoms with E-state index in [9.17, 15) is 9.59 Å². The first-order chi connectivity index (χ1) is 14.6. The van der Waals surface area contributed by atoms with Crippen LogP contribution in [0.4, 0.5) is 0 Å². The summed E-state index contributed by atoms with van der Waals surface area (Å²) in [6.45, 7) is 0.741. The van der Waals surface area contributed by atoms with Crippen molar-refractivity contribution in [2.75, 3.05) is 6.54 Å². The molecule has 0 saturated heterocycles. The number of hydrogen-bond donors (Lipinski definition) is 1. The molecule has 5 rings (SSSR count). The van der Waals surface area contributed by atoms with Crippen LogP contribution in [0.25, 0.3) is 0 Å². The van der Waals surface area contributed by atoms with Crippen molar-refractivity contribution in [3.8, 4) is 0 Å². The van der Waals surface area contributed by atoms with Crippen molar-refractivity contribution < 1.29 is 9.59 Å². The van der Waals surface area contributed by atoms with Crippen molar-refractivity contribution >= 4 is 23.2 Å². The maximum Gasteiger partial charge on any atom is 0.170 e. The predicted octanol–water partition coefficient (Wildman–Crippen LogP) is 3.30. The molecule has 1 N–H and O–H groups in total. The minimum atomic E-state index is -0.754. The van der Waals surface area contributed by atoms with Gasteiger partial charge in [0.05, 0.1) is 5.92 Å². The summed E-state index contributed by atoms with van der Waals surface area (Å²) < 4.78 is 1.59. The van der Waals surface area contributed by atoms with Crippen molar-refractivity contribution in [3.63, 3.8) is 0 Å². The highest BCUT2D eigenvalue weighted by molar-refractivity contribution is 6.30. The van der Waals surface area contributed by atoms with Crippen molar-refractivity contribution in [2.24, 2.45) is 5.92 Å². The average Bonchev–Trinajstić information content (AvgIpc) is 3.28. The van der Waals surface area contributed by atoms with Gasteiger partial charge >= 0.3 is 0 Å². The van der Waals surface area contributed by atoms with Crippen LogP contribution in [0, 0.1) is 5.92 Å². The Labute approximate surface area is 179 Å². The standard InChI is InChI=1S/C23H21ClN4O2/c24-16-6-3-5-15(10-16)18-11-19(29)20(23(30)22(18)28-13-25-12-27-28)21-17-7-2-1-4-14(17)8-9-26-21/h1-7,10,12-13,18,20-22,26H,8-9,11H2/t18-,20+,21-,22+/m1/s1. The van der Waals surface area contributed by atoms with Crippen molar-refractivity contribution in [1.82, 2.24) is 20.1 Å². The Morgan fingerprint density at radius 1 is 1.10 bits per heavy atom. The molecule has 1 aliphatic carbocycles. The summed E-state index contributed by atoms with van der Waals surface area (Å²) in [5.74, 6) is -1.26. The molecule has 6 nitrogen and oxygen atoms in total. The molecule has 3 aromatic rings. The van der Waals surface area contributed by atoms with Crippen LogP contribution in [0.1, 0.15) is 41.1 Å². The summed E-state index contributed by atoms with van der Waals surface area (Å²) >= 11 is 6.20. The SMILES string of the molecule is O=C1C[C@H](c2cccc(Cl)c2)[C@H](n2cncn2)C(=O)[C@@H]1[C@@H]1NCCc2ccccc21. The highest BCUT2D eigenvalue weighted by atomic mass is 35.5. The zero-order valence-corrected chi connectivity index (χ0v) is 17.0. The van der Waals surface area contributed by atoms with Gasteiger partial charge in [0.15, 0.2) is 5.78 Å². The molecule has 2 heterocycles. The average molecular weight is 421 g/mol. The van der Waals surface area contributed by atoms with Gasteiger partial charge in [0.1, 0.15) is 24.5 Å². The molecule has 0 bridgehead atoms. The number of Topliss-reactive ketones (excluding diaryl/α,β-unsaturated/α-hetero) is 2. The van der Waals surface area contributed by atoms with E-state index in [1.54, 1.807) is 17.1 Å². The fourth-order valence-electron chi connectivity index (χ4n) is 4.89. The largest absolute Gasteiger partial charge is 0.309 e. The molecular weight excluding hydrogens is 400 g/mol. The van der Waals surface area contributed by atoms with Gasteiger partial charge in [-0.05, 0) is 41.8 Å². The highest BCUT2D eigenvalue weighted by Gasteiger charge is 2.49. The number of nitrogens with zero attached hydrogens (tertiary/aromatic N) is 3. The summed E-state index contributed by atoms with van der Waals surface area (Å²) in [5.41, 5.74) is 3.09. The zero-order valence-electron chi connectivity index (χ0n) is 16.2. The molecule has 0 radical (unpaired) electrons. The van der Waals surface area contributed by atoms with Crippen LogP contribution in [-0.2, 0) is 16.0 Å². The third kappa shape index (κ3) is 3.26. The van der Waals surface area contributed by atoms with E-state index in [2.05, 4.69) is 21.5 Å². The molecule has 4 atom stereocenters. The van der Waals surface area contributed by atoms with Gasteiger partial charge in [-0.25, -0.2) is 9.67 Å². The van der Waals surface area contributed by atoms with Crippen LogP contribution >= 0.6 is 11.6 Å². The summed E-state index contributed by atoms with van der Waals surface area (Å²) in [6.07, 6.45) is 4.11. The normalized spacial score (nSPS) is 26.4. The van der Waals surface area contributed by atoms with Crippen LogP contribution < -0.4 is 5.32 Å². The van der Waals surface area contributed by atoms with E-state index in [4.69, 9.17) is 11.6 Å². The lowest BCUT2D eigenvalue weighted by Crippen LogP contribution is -2.48. The number of rotatable bonds is 3. The van der Waals surface area contributed by atoms with Gasteiger partial charge in [0.25, 0.3) is 0 Å². The Balaban J connectivity index is 1.57. The highest BCUT2D eigenvalue weighted by Crippen LogP contribution is 2.44. The van der Waals surface area contributed by atoms with Crippen LogP contribution in [0.15, 0.2) is 61.2 Å². The van der Waals surface area contributed by atoms with Crippen molar-refractivity contribution in [3.05, 3.63) is 82.9 Å². The molecule has 2 aliphatic rings. The fraction of sp³-hybridized carbons (Fsp3) is 0.304. The van der Waals surface area contributed by atoms with Gasteiger partial charge in [-0.3, -0.25) is 9.59 Å². The number of fused-ring (bicyclic) bond motifs is 1. The van der Waals surface area contributed by atoms with Gasteiger partial charge in [-0.15, -0.1) is 0 Å². The predicted molar refractivity (Wildman–Crippen MR) is 112 cm³/mol. The number of nitrogens with one attached hydrogen (secondary N) is 1. The summed E-state index contributed by atoms with van der Waals surface area (Å²) in [4.78, 5) is 31.2. The maximum atomic E-state index is 13.8.